The fourth-order valence-corrected chi connectivity index (χ4v) is 1.51. The van der Waals surface area contributed by atoms with Crippen LogP contribution < -0.4 is 4.74 Å². The van der Waals surface area contributed by atoms with Gasteiger partial charge in [-0.15, -0.1) is 10.2 Å². The second kappa shape index (κ2) is 4.46. The molecule has 1 aromatic carbocycles. The number of hydrogen-bond acceptors (Lipinski definition) is 4. The normalized spacial score (nSPS) is 10.3. The van der Waals surface area contributed by atoms with E-state index in [9.17, 15) is 0 Å². The molecule has 0 aliphatic carbocycles. The lowest BCUT2D eigenvalue weighted by atomic mass is 10.3. The van der Waals surface area contributed by atoms with Crippen LogP contribution in [0.25, 0.3) is 0 Å². The van der Waals surface area contributed by atoms with Gasteiger partial charge < -0.3 is 4.74 Å². The molecule has 5 nitrogen and oxygen atoms in total. The summed E-state index contributed by atoms with van der Waals surface area (Å²) < 4.78 is 5.36. The molecule has 0 amide bonds. The minimum atomic E-state index is 0.167. The van der Waals surface area contributed by atoms with Crippen molar-refractivity contribution in [1.29, 1.82) is 0 Å². The monoisotopic (exact) mass is 244 g/mol. The summed E-state index contributed by atoms with van der Waals surface area (Å²) >= 11 is 11.8. The average Bonchev–Trinajstić information content (AvgIpc) is 2.70. The lowest BCUT2D eigenvalue weighted by molar-refractivity contribution is 0.296. The largest absolute Gasteiger partial charge is 0.482 e. The highest BCUT2D eigenvalue weighted by Gasteiger charge is 2.07. The van der Waals surface area contributed by atoms with Gasteiger partial charge in [0.05, 0.1) is 10.0 Å². The predicted octanol–water partition coefficient (Wildman–Crippen LogP) is 2.09. The van der Waals surface area contributed by atoms with Crippen molar-refractivity contribution in [2.45, 2.75) is 6.61 Å². The average molecular weight is 245 g/mol. The number of halogens is 2. The lowest BCUT2D eigenvalue weighted by Crippen LogP contribution is -1.98. The molecule has 0 unspecified atom stereocenters. The maximum Gasteiger partial charge on any atom is 0.211 e. The van der Waals surface area contributed by atoms with Gasteiger partial charge in [-0.3, -0.25) is 0 Å². The number of ether oxygens (including phenoxy) is 1. The Morgan fingerprint density at radius 1 is 1.27 bits per heavy atom. The number of tetrazole rings is 1. The summed E-state index contributed by atoms with van der Waals surface area (Å²) in [5.41, 5.74) is 0. The molecule has 7 heteroatoms. The first-order chi connectivity index (χ1) is 7.27. The summed E-state index contributed by atoms with van der Waals surface area (Å²) in [5.74, 6) is 0.858. The van der Waals surface area contributed by atoms with Gasteiger partial charge in [0.2, 0.25) is 5.82 Å². The molecule has 0 fully saturated rings. The minimum Gasteiger partial charge on any atom is -0.482 e. The summed E-state index contributed by atoms with van der Waals surface area (Å²) in [4.78, 5) is 0. The van der Waals surface area contributed by atoms with Gasteiger partial charge in [-0.25, -0.2) is 0 Å². The summed E-state index contributed by atoms with van der Waals surface area (Å²) in [7, 11) is 0. The first-order valence-electron chi connectivity index (χ1n) is 4.06. The van der Waals surface area contributed by atoms with Crippen LogP contribution in [0.4, 0.5) is 0 Å². The Bertz CT molecular complexity index is 426. The van der Waals surface area contributed by atoms with E-state index in [4.69, 9.17) is 27.9 Å². The number of hydrogen-bond donors (Lipinski definition) is 1. The molecular formula is C8H6Cl2N4O. The number of H-pyrrole nitrogens is 1. The van der Waals surface area contributed by atoms with Crippen LogP contribution in [0.1, 0.15) is 5.82 Å². The number of benzene rings is 1. The highest BCUT2D eigenvalue weighted by molar-refractivity contribution is 6.37. The smallest absolute Gasteiger partial charge is 0.211 e. The van der Waals surface area contributed by atoms with Crippen LogP contribution >= 0.6 is 23.2 Å². The molecule has 0 bridgehead atoms. The number of aromatic nitrogens is 4. The van der Waals surface area contributed by atoms with Crippen molar-refractivity contribution >= 4 is 23.2 Å². The third-order valence-electron chi connectivity index (χ3n) is 1.65. The lowest BCUT2D eigenvalue weighted by Gasteiger charge is -2.06. The van der Waals surface area contributed by atoms with Gasteiger partial charge in [0.15, 0.2) is 12.4 Å². The second-order valence-electron chi connectivity index (χ2n) is 2.67. The van der Waals surface area contributed by atoms with Crippen molar-refractivity contribution in [1.82, 2.24) is 20.6 Å². The van der Waals surface area contributed by atoms with E-state index in [2.05, 4.69) is 20.6 Å². The van der Waals surface area contributed by atoms with Crippen molar-refractivity contribution in [2.24, 2.45) is 0 Å². The van der Waals surface area contributed by atoms with Gasteiger partial charge in [-0.1, -0.05) is 34.5 Å². The number of aromatic amines is 1. The molecule has 0 atom stereocenters. The molecule has 1 aromatic heterocycles. The molecule has 78 valence electrons. The fraction of sp³-hybridized carbons (Fsp3) is 0.125. The van der Waals surface area contributed by atoms with E-state index in [1.807, 2.05) is 0 Å². The van der Waals surface area contributed by atoms with Gasteiger partial charge in [0.25, 0.3) is 0 Å². The Labute approximate surface area is 95.3 Å². The maximum absolute atomic E-state index is 5.90. The number of rotatable bonds is 3. The first-order valence-corrected chi connectivity index (χ1v) is 4.82. The van der Waals surface area contributed by atoms with E-state index in [-0.39, 0.29) is 6.61 Å². The number of nitrogens with zero attached hydrogens (tertiary/aromatic N) is 3. The standard InChI is InChI=1S/C8H6Cl2N4O/c9-5-2-1-3-6(10)8(5)15-4-7-11-13-14-12-7/h1-3H,4H2,(H,11,12,13,14). The molecule has 0 aliphatic rings. The molecule has 1 N–H and O–H groups in total. The molecular weight excluding hydrogens is 239 g/mol. The highest BCUT2D eigenvalue weighted by atomic mass is 35.5. The van der Waals surface area contributed by atoms with Gasteiger partial charge >= 0.3 is 0 Å². The molecule has 1 heterocycles. The molecule has 0 saturated heterocycles. The Hall–Kier alpha value is -1.33. The van der Waals surface area contributed by atoms with Gasteiger partial charge in [0.1, 0.15) is 0 Å². The zero-order chi connectivity index (χ0) is 10.7. The molecule has 2 rings (SSSR count). The van der Waals surface area contributed by atoms with Crippen LogP contribution in [0.2, 0.25) is 10.0 Å². The summed E-state index contributed by atoms with van der Waals surface area (Å²) in [6.45, 7) is 0.167. The van der Waals surface area contributed by atoms with Crippen LogP contribution in [0.15, 0.2) is 18.2 Å². The van der Waals surface area contributed by atoms with Crippen molar-refractivity contribution < 1.29 is 4.74 Å². The van der Waals surface area contributed by atoms with Crippen molar-refractivity contribution in [3.8, 4) is 5.75 Å². The topological polar surface area (TPSA) is 63.7 Å². The van der Waals surface area contributed by atoms with Crippen molar-refractivity contribution in [3.63, 3.8) is 0 Å². The van der Waals surface area contributed by atoms with E-state index < -0.39 is 0 Å². The van der Waals surface area contributed by atoms with E-state index >= 15 is 0 Å². The molecule has 0 radical (unpaired) electrons. The number of para-hydroxylation sites is 1. The fourth-order valence-electron chi connectivity index (χ4n) is 1.00. The van der Waals surface area contributed by atoms with Gasteiger partial charge in [-0.05, 0) is 12.1 Å². The zero-order valence-electron chi connectivity index (χ0n) is 7.44. The summed E-state index contributed by atoms with van der Waals surface area (Å²) in [6.07, 6.45) is 0. The third-order valence-corrected chi connectivity index (χ3v) is 2.25. The van der Waals surface area contributed by atoms with E-state index in [0.29, 0.717) is 21.6 Å². The van der Waals surface area contributed by atoms with Crippen molar-refractivity contribution in [3.05, 3.63) is 34.1 Å². The predicted molar refractivity (Wildman–Crippen MR) is 55.0 cm³/mol. The Morgan fingerprint density at radius 2 is 2.00 bits per heavy atom. The minimum absolute atomic E-state index is 0.167. The zero-order valence-corrected chi connectivity index (χ0v) is 8.96. The van der Waals surface area contributed by atoms with Crippen LogP contribution in [0, 0.1) is 0 Å². The Balaban J connectivity index is 2.11. The van der Waals surface area contributed by atoms with Crippen LogP contribution in [-0.2, 0) is 6.61 Å². The van der Waals surface area contributed by atoms with Crippen LogP contribution in [-0.4, -0.2) is 20.6 Å². The SMILES string of the molecule is Clc1cccc(Cl)c1OCc1nn[nH]n1. The first kappa shape index (κ1) is 10.2. The molecule has 0 aliphatic heterocycles. The van der Waals surface area contributed by atoms with Gasteiger partial charge in [0, 0.05) is 0 Å². The second-order valence-corrected chi connectivity index (χ2v) is 3.48. The van der Waals surface area contributed by atoms with Gasteiger partial charge in [-0.2, -0.15) is 5.21 Å². The maximum atomic E-state index is 5.90. The van der Waals surface area contributed by atoms with E-state index in [1.54, 1.807) is 18.2 Å². The molecule has 0 spiro atoms. The van der Waals surface area contributed by atoms with E-state index in [1.165, 1.54) is 0 Å². The summed E-state index contributed by atoms with van der Waals surface area (Å²) in [6, 6.07) is 5.13. The Morgan fingerprint density at radius 3 is 2.60 bits per heavy atom. The van der Waals surface area contributed by atoms with E-state index in [0.717, 1.165) is 0 Å². The molecule has 0 saturated carbocycles. The Kier molecular flexibility index (Phi) is 3.03. The summed E-state index contributed by atoms with van der Waals surface area (Å²) in [5, 5.41) is 14.1. The van der Waals surface area contributed by atoms with Crippen LogP contribution in [0.5, 0.6) is 5.75 Å². The van der Waals surface area contributed by atoms with Crippen LogP contribution in [0.3, 0.4) is 0 Å². The molecule has 2 aromatic rings. The van der Waals surface area contributed by atoms with Crippen molar-refractivity contribution in [2.75, 3.05) is 0 Å². The third kappa shape index (κ3) is 2.37. The quantitative estimate of drug-likeness (QED) is 0.899. The molecule has 15 heavy (non-hydrogen) atoms. The highest BCUT2D eigenvalue weighted by Crippen LogP contribution is 2.32. The number of nitrogens with one attached hydrogen (secondary N) is 1.